The summed E-state index contributed by atoms with van der Waals surface area (Å²) in [7, 11) is 3.58. The molecular formula is C24H30FN3O3. The van der Waals surface area contributed by atoms with Crippen LogP contribution < -0.4 is 19.9 Å². The Balaban J connectivity index is 1.48. The minimum Gasteiger partial charge on any atom is -0.491 e. The zero-order chi connectivity index (χ0) is 22.0. The van der Waals surface area contributed by atoms with Gasteiger partial charge in [-0.2, -0.15) is 0 Å². The van der Waals surface area contributed by atoms with Crippen molar-refractivity contribution in [3.8, 4) is 5.75 Å². The van der Waals surface area contributed by atoms with Crippen molar-refractivity contribution in [2.75, 3.05) is 50.2 Å². The molecule has 2 aromatic carbocycles. The number of hydrogen-bond donors (Lipinski definition) is 1. The van der Waals surface area contributed by atoms with E-state index in [2.05, 4.69) is 10.2 Å². The number of likely N-dealkylation sites (N-methyl/N-ethyl adjacent to an activating group) is 1. The Morgan fingerprint density at radius 3 is 2.77 bits per heavy atom. The number of benzene rings is 2. The number of amides is 1. The molecule has 0 spiro atoms. The summed E-state index contributed by atoms with van der Waals surface area (Å²) in [6.07, 6.45) is 1.68. The number of carbonyl (C=O) groups is 1. The molecule has 7 heteroatoms. The van der Waals surface area contributed by atoms with Gasteiger partial charge in [-0.05, 0) is 68.8 Å². The number of nitrogens with zero attached hydrogens (tertiary/aromatic N) is 2. The summed E-state index contributed by atoms with van der Waals surface area (Å²) in [4.78, 5) is 16.8. The zero-order valence-corrected chi connectivity index (χ0v) is 18.4. The van der Waals surface area contributed by atoms with Crippen LogP contribution in [0.5, 0.6) is 5.75 Å². The topological polar surface area (TPSA) is 54.0 Å². The van der Waals surface area contributed by atoms with E-state index < -0.39 is 0 Å². The first kappa shape index (κ1) is 21.6. The molecule has 0 saturated carbocycles. The van der Waals surface area contributed by atoms with Gasteiger partial charge < -0.3 is 24.6 Å². The van der Waals surface area contributed by atoms with E-state index in [0.717, 1.165) is 30.8 Å². The lowest BCUT2D eigenvalue weighted by atomic mass is 9.98. The Hall–Kier alpha value is -2.64. The number of rotatable bonds is 7. The molecule has 2 atom stereocenters. The van der Waals surface area contributed by atoms with Gasteiger partial charge in [0.2, 0.25) is 0 Å². The molecule has 4 rings (SSSR count). The molecule has 1 fully saturated rings. The van der Waals surface area contributed by atoms with E-state index in [1.165, 1.54) is 6.07 Å². The molecule has 2 aliphatic rings. The predicted molar refractivity (Wildman–Crippen MR) is 120 cm³/mol. The Labute approximate surface area is 182 Å². The summed E-state index contributed by atoms with van der Waals surface area (Å²) < 4.78 is 25.9. The predicted octanol–water partition coefficient (Wildman–Crippen LogP) is 3.24. The smallest absolute Gasteiger partial charge is 0.258 e. The van der Waals surface area contributed by atoms with Gasteiger partial charge in [0.15, 0.2) is 0 Å². The minimum absolute atomic E-state index is 0.00398. The highest BCUT2D eigenvalue weighted by Crippen LogP contribution is 2.31. The quantitative estimate of drug-likeness (QED) is 0.735. The highest BCUT2D eigenvalue weighted by atomic mass is 19.1. The maximum absolute atomic E-state index is 14.9. The highest BCUT2D eigenvalue weighted by Gasteiger charge is 2.28. The molecule has 1 N–H and O–H groups in total. The number of ether oxygens (including phenoxy) is 2. The van der Waals surface area contributed by atoms with Gasteiger partial charge in [0.25, 0.3) is 5.91 Å². The van der Waals surface area contributed by atoms with E-state index >= 15 is 0 Å². The number of carbonyl (C=O) groups excluding carboxylic acids is 1. The van der Waals surface area contributed by atoms with Crippen molar-refractivity contribution < 1.29 is 18.7 Å². The van der Waals surface area contributed by atoms with Crippen molar-refractivity contribution in [2.45, 2.75) is 31.9 Å². The fourth-order valence-electron chi connectivity index (χ4n) is 4.22. The third-order valence-electron chi connectivity index (χ3n) is 6.22. The SMILES string of the molecule is CNC1CCN(c2ccc(N3CCc4cc(OCC(C)OC)ccc4C3=O)cc2F)C1. The Morgan fingerprint density at radius 2 is 2.06 bits per heavy atom. The number of nitrogens with one attached hydrogen (secondary N) is 1. The van der Waals surface area contributed by atoms with Crippen LogP contribution in [0.15, 0.2) is 36.4 Å². The van der Waals surface area contributed by atoms with Gasteiger partial charge in [0.1, 0.15) is 18.2 Å². The van der Waals surface area contributed by atoms with E-state index in [4.69, 9.17) is 9.47 Å². The van der Waals surface area contributed by atoms with Crippen molar-refractivity contribution in [1.29, 1.82) is 0 Å². The van der Waals surface area contributed by atoms with Crippen LogP contribution in [0.2, 0.25) is 0 Å². The molecule has 1 saturated heterocycles. The first-order valence-corrected chi connectivity index (χ1v) is 10.8. The Bertz CT molecular complexity index is 952. The van der Waals surface area contributed by atoms with Gasteiger partial charge in [-0.25, -0.2) is 4.39 Å². The molecule has 0 radical (unpaired) electrons. The van der Waals surface area contributed by atoms with Crippen molar-refractivity contribution >= 4 is 17.3 Å². The first-order valence-electron chi connectivity index (χ1n) is 10.8. The molecule has 1 amide bonds. The molecule has 6 nitrogen and oxygen atoms in total. The molecular weight excluding hydrogens is 397 g/mol. The van der Waals surface area contributed by atoms with Gasteiger partial charge in [-0.15, -0.1) is 0 Å². The lowest BCUT2D eigenvalue weighted by molar-refractivity contribution is 0.0716. The lowest BCUT2D eigenvalue weighted by Crippen LogP contribution is -2.37. The van der Waals surface area contributed by atoms with Crippen molar-refractivity contribution in [3.63, 3.8) is 0 Å². The van der Waals surface area contributed by atoms with Crippen LogP contribution in [-0.2, 0) is 11.2 Å². The van der Waals surface area contributed by atoms with E-state index in [1.54, 1.807) is 30.2 Å². The monoisotopic (exact) mass is 427 g/mol. The third kappa shape index (κ3) is 4.52. The van der Waals surface area contributed by atoms with Crippen LogP contribution >= 0.6 is 0 Å². The average molecular weight is 428 g/mol. The molecule has 2 aromatic rings. The normalized spacial score (nSPS) is 19.5. The van der Waals surface area contributed by atoms with Gasteiger partial charge in [0.05, 0.1) is 11.8 Å². The van der Waals surface area contributed by atoms with Crippen LogP contribution in [0.25, 0.3) is 0 Å². The van der Waals surface area contributed by atoms with E-state index in [0.29, 0.717) is 42.6 Å². The second-order valence-corrected chi connectivity index (χ2v) is 8.24. The van der Waals surface area contributed by atoms with Crippen LogP contribution in [-0.4, -0.2) is 58.5 Å². The van der Waals surface area contributed by atoms with E-state index in [9.17, 15) is 9.18 Å². The fraction of sp³-hybridized carbons (Fsp3) is 0.458. The van der Waals surface area contributed by atoms with Crippen LogP contribution in [0.3, 0.4) is 0 Å². The lowest BCUT2D eigenvalue weighted by Gasteiger charge is -2.29. The maximum atomic E-state index is 14.9. The Morgan fingerprint density at radius 1 is 1.23 bits per heavy atom. The van der Waals surface area contributed by atoms with E-state index in [-0.39, 0.29) is 17.8 Å². The number of halogens is 1. The highest BCUT2D eigenvalue weighted by molar-refractivity contribution is 6.08. The average Bonchev–Trinajstić information content (AvgIpc) is 3.26. The van der Waals surface area contributed by atoms with Gasteiger partial charge in [0, 0.05) is 44.0 Å². The van der Waals surface area contributed by atoms with Gasteiger partial charge >= 0.3 is 0 Å². The standard InChI is InChI=1S/C24H30FN3O3/c1-16(30-3)15-31-20-5-6-21-17(12-20)8-11-28(24(21)29)19-4-7-23(22(25)13-19)27-10-9-18(14-27)26-2/h4-7,12-13,16,18,26H,8-11,14-15H2,1-3H3. The van der Waals surface area contributed by atoms with E-state index in [1.807, 2.05) is 26.1 Å². The molecule has 2 aliphatic heterocycles. The van der Waals surface area contributed by atoms with Crippen LogP contribution in [0.4, 0.5) is 15.8 Å². The van der Waals surface area contributed by atoms with Gasteiger partial charge in [-0.3, -0.25) is 4.79 Å². The number of fused-ring (bicyclic) bond motifs is 1. The molecule has 2 unspecified atom stereocenters. The molecule has 166 valence electrons. The fourth-order valence-corrected chi connectivity index (χ4v) is 4.22. The largest absolute Gasteiger partial charge is 0.491 e. The van der Waals surface area contributed by atoms with Crippen molar-refractivity contribution in [2.24, 2.45) is 0 Å². The second kappa shape index (κ2) is 9.24. The number of methoxy groups -OCH3 is 1. The summed E-state index contributed by atoms with van der Waals surface area (Å²) in [6, 6.07) is 11.0. The Kier molecular flexibility index (Phi) is 6.43. The third-order valence-corrected chi connectivity index (χ3v) is 6.22. The zero-order valence-electron chi connectivity index (χ0n) is 18.4. The summed E-state index contributed by atoms with van der Waals surface area (Å²) in [6.45, 7) is 4.51. The summed E-state index contributed by atoms with van der Waals surface area (Å²) >= 11 is 0. The number of hydrogen-bond acceptors (Lipinski definition) is 5. The van der Waals surface area contributed by atoms with Crippen molar-refractivity contribution in [1.82, 2.24) is 5.32 Å². The minimum atomic E-state index is -0.288. The number of anilines is 2. The molecule has 0 aromatic heterocycles. The second-order valence-electron chi connectivity index (χ2n) is 8.24. The molecule has 0 bridgehead atoms. The van der Waals surface area contributed by atoms with Crippen LogP contribution in [0.1, 0.15) is 29.3 Å². The molecule has 0 aliphatic carbocycles. The summed E-state index contributed by atoms with van der Waals surface area (Å²) in [5, 5.41) is 3.25. The maximum Gasteiger partial charge on any atom is 0.258 e. The summed E-state index contributed by atoms with van der Waals surface area (Å²) in [5.74, 6) is 0.329. The summed E-state index contributed by atoms with van der Waals surface area (Å²) in [5.41, 5.74) is 2.78. The first-order chi connectivity index (χ1) is 15.0. The van der Waals surface area contributed by atoms with Gasteiger partial charge in [-0.1, -0.05) is 0 Å². The molecule has 2 heterocycles. The molecule has 31 heavy (non-hydrogen) atoms. The van der Waals surface area contributed by atoms with Crippen LogP contribution in [0, 0.1) is 5.82 Å². The van der Waals surface area contributed by atoms with Crippen molar-refractivity contribution in [3.05, 3.63) is 53.3 Å².